The van der Waals surface area contributed by atoms with Crippen molar-refractivity contribution in [3.63, 3.8) is 0 Å². The highest BCUT2D eigenvalue weighted by atomic mass is 16.3. The summed E-state index contributed by atoms with van der Waals surface area (Å²) in [4.78, 5) is 57.1. The number of phenols is 1. The second kappa shape index (κ2) is 9.57. The Balaban J connectivity index is 1.59. The fourth-order valence-electron chi connectivity index (χ4n) is 6.25. The summed E-state index contributed by atoms with van der Waals surface area (Å²) >= 11 is 0. The molecule has 208 valence electrons. The molecule has 0 radical (unpaired) electrons. The molecule has 4 atom stereocenters. The number of hydrogen-bond acceptors (Lipinski definition) is 10. The number of hydrogen-bond donors (Lipinski definition) is 6. The molecular formula is C28H28N4O8. The van der Waals surface area contributed by atoms with Crippen molar-refractivity contribution in [3.05, 3.63) is 75.8 Å². The van der Waals surface area contributed by atoms with Crippen molar-refractivity contribution in [2.24, 2.45) is 17.6 Å². The van der Waals surface area contributed by atoms with Crippen LogP contribution in [0.1, 0.15) is 33.5 Å². The Hall–Kier alpha value is -4.55. The summed E-state index contributed by atoms with van der Waals surface area (Å²) in [6.07, 6.45) is 3.05. The number of ketones is 2. The van der Waals surface area contributed by atoms with Crippen molar-refractivity contribution < 1.29 is 39.6 Å². The molecule has 1 fully saturated rings. The van der Waals surface area contributed by atoms with E-state index in [4.69, 9.17) is 5.73 Å². The van der Waals surface area contributed by atoms with Crippen molar-refractivity contribution in [1.82, 2.24) is 15.2 Å². The molecule has 0 aliphatic heterocycles. The van der Waals surface area contributed by atoms with Gasteiger partial charge in [0, 0.05) is 30.4 Å². The van der Waals surface area contributed by atoms with Crippen LogP contribution in [0.25, 0.3) is 5.76 Å². The number of likely N-dealkylation sites (N-methyl/N-ethyl adjacent to an activating group) is 1. The van der Waals surface area contributed by atoms with Gasteiger partial charge in [-0.25, -0.2) is 0 Å². The number of phenolic OH excluding ortho intramolecular Hbond substituents is 1. The number of primary amides is 1. The number of aromatic hydroxyl groups is 1. The van der Waals surface area contributed by atoms with Gasteiger partial charge in [-0.3, -0.25) is 29.1 Å². The second-order valence-electron chi connectivity index (χ2n) is 10.5. The molecule has 0 unspecified atom stereocenters. The van der Waals surface area contributed by atoms with Crippen LogP contribution in [-0.2, 0) is 27.3 Å². The van der Waals surface area contributed by atoms with Crippen molar-refractivity contribution in [2.45, 2.75) is 31.0 Å². The summed E-state index contributed by atoms with van der Waals surface area (Å²) < 4.78 is 0. The highest BCUT2D eigenvalue weighted by Crippen LogP contribution is 2.52. The van der Waals surface area contributed by atoms with Gasteiger partial charge in [0.25, 0.3) is 11.8 Å². The van der Waals surface area contributed by atoms with E-state index in [0.717, 1.165) is 0 Å². The van der Waals surface area contributed by atoms with E-state index in [1.165, 1.54) is 37.5 Å². The van der Waals surface area contributed by atoms with Gasteiger partial charge < -0.3 is 31.5 Å². The van der Waals surface area contributed by atoms with Gasteiger partial charge >= 0.3 is 0 Å². The molecule has 1 aromatic heterocycles. The van der Waals surface area contributed by atoms with Gasteiger partial charge in [0.05, 0.1) is 17.2 Å². The number of fused-ring (bicyclic) bond motifs is 3. The first-order valence-corrected chi connectivity index (χ1v) is 12.6. The van der Waals surface area contributed by atoms with Crippen molar-refractivity contribution >= 4 is 29.1 Å². The van der Waals surface area contributed by atoms with Crippen LogP contribution in [0.4, 0.5) is 0 Å². The molecule has 3 aliphatic carbocycles. The van der Waals surface area contributed by atoms with E-state index < -0.39 is 58.0 Å². The zero-order valence-corrected chi connectivity index (χ0v) is 21.7. The van der Waals surface area contributed by atoms with Crippen LogP contribution < -0.4 is 11.1 Å². The van der Waals surface area contributed by atoms with E-state index in [1.54, 1.807) is 18.2 Å². The Morgan fingerprint density at radius 3 is 2.52 bits per heavy atom. The molecule has 0 bridgehead atoms. The van der Waals surface area contributed by atoms with Crippen LogP contribution in [0, 0.1) is 11.8 Å². The van der Waals surface area contributed by atoms with E-state index in [0.29, 0.717) is 16.7 Å². The lowest BCUT2D eigenvalue weighted by molar-refractivity contribution is -0.153. The number of aliphatic hydroxyl groups excluding tert-OH is 2. The third kappa shape index (κ3) is 3.87. The highest BCUT2D eigenvalue weighted by Gasteiger charge is 2.64. The van der Waals surface area contributed by atoms with Gasteiger partial charge in [-0.2, -0.15) is 0 Å². The third-order valence-corrected chi connectivity index (χ3v) is 8.06. The lowest BCUT2D eigenvalue weighted by Gasteiger charge is -2.50. The second-order valence-corrected chi connectivity index (χ2v) is 10.5. The number of Topliss-reactive ketones (excluding diaryl/α,β-unsaturated/α-hetero) is 2. The van der Waals surface area contributed by atoms with Crippen LogP contribution in [0.3, 0.4) is 0 Å². The number of aromatic nitrogens is 1. The van der Waals surface area contributed by atoms with Crippen LogP contribution in [-0.4, -0.2) is 79.4 Å². The normalized spacial score (nSPS) is 25.9. The molecular weight excluding hydrogens is 520 g/mol. The summed E-state index contributed by atoms with van der Waals surface area (Å²) in [5.74, 6) is -7.51. The smallest absolute Gasteiger partial charge is 0.255 e. The lowest BCUT2D eigenvalue weighted by atomic mass is 9.57. The molecule has 1 aromatic carbocycles. The molecule has 5 rings (SSSR count). The Kier molecular flexibility index (Phi) is 6.47. The Bertz CT molecular complexity index is 1530. The number of aliphatic hydroxyl groups is 3. The summed E-state index contributed by atoms with van der Waals surface area (Å²) in [7, 11) is 3.07. The van der Waals surface area contributed by atoms with E-state index in [9.17, 15) is 39.6 Å². The predicted molar refractivity (Wildman–Crippen MR) is 140 cm³/mol. The molecule has 1 saturated carbocycles. The number of benzene rings is 1. The van der Waals surface area contributed by atoms with E-state index in [-0.39, 0.29) is 42.2 Å². The van der Waals surface area contributed by atoms with Gasteiger partial charge in [0.15, 0.2) is 11.4 Å². The third-order valence-electron chi connectivity index (χ3n) is 8.06. The molecule has 2 aromatic rings. The molecule has 1 heterocycles. The first-order valence-electron chi connectivity index (χ1n) is 12.6. The van der Waals surface area contributed by atoms with Gasteiger partial charge in [-0.05, 0) is 62.2 Å². The van der Waals surface area contributed by atoms with Crippen molar-refractivity contribution in [2.75, 3.05) is 14.1 Å². The van der Waals surface area contributed by atoms with Crippen molar-refractivity contribution in [1.29, 1.82) is 0 Å². The number of carbonyl (C=O) groups excluding carboxylic acids is 4. The summed E-state index contributed by atoms with van der Waals surface area (Å²) in [5, 5.41) is 47.3. The van der Waals surface area contributed by atoms with Crippen LogP contribution in [0.2, 0.25) is 0 Å². The van der Waals surface area contributed by atoms with E-state index in [1.807, 2.05) is 0 Å². The minimum Gasteiger partial charge on any atom is -0.508 e. The van der Waals surface area contributed by atoms with Gasteiger partial charge in [0.2, 0.25) is 5.78 Å². The van der Waals surface area contributed by atoms with Crippen LogP contribution in [0.15, 0.2) is 53.6 Å². The minimum atomic E-state index is -2.70. The number of amides is 2. The number of pyridine rings is 1. The maximum absolute atomic E-state index is 13.9. The SMILES string of the molecule is CN(C)[C@@H]1C(=O)C(C(N)=O)=C(O)[C@@]2(O)C(=O)C3=C(O)c4c(O)ccc(CNC(=O)c5cccnc5)c4C[C@@H]3C[C@H]12. The first kappa shape index (κ1) is 27.0. The number of nitrogens with zero attached hydrogens (tertiary/aromatic N) is 2. The first-order chi connectivity index (χ1) is 18.9. The topological polar surface area (TPSA) is 203 Å². The quantitative estimate of drug-likeness (QED) is 0.282. The van der Waals surface area contributed by atoms with Crippen molar-refractivity contribution in [3.8, 4) is 5.75 Å². The average molecular weight is 549 g/mol. The molecule has 12 nitrogen and oxygen atoms in total. The van der Waals surface area contributed by atoms with Gasteiger partial charge in [-0.15, -0.1) is 0 Å². The molecule has 3 aliphatic rings. The molecule has 2 amide bonds. The summed E-state index contributed by atoms with van der Waals surface area (Å²) in [6.45, 7) is 0.0390. The monoisotopic (exact) mass is 548 g/mol. The van der Waals surface area contributed by atoms with E-state index >= 15 is 0 Å². The molecule has 7 N–H and O–H groups in total. The van der Waals surface area contributed by atoms with E-state index in [2.05, 4.69) is 10.3 Å². The number of nitrogens with one attached hydrogen (secondary N) is 1. The predicted octanol–water partition coefficient (Wildman–Crippen LogP) is 0.289. The molecule has 0 spiro atoms. The van der Waals surface area contributed by atoms with Gasteiger partial charge in [-0.1, -0.05) is 6.07 Å². The largest absolute Gasteiger partial charge is 0.508 e. The minimum absolute atomic E-state index is 0.0249. The van der Waals surface area contributed by atoms with Crippen LogP contribution >= 0.6 is 0 Å². The molecule has 0 saturated heterocycles. The number of rotatable bonds is 5. The fraction of sp³-hybridized carbons (Fsp3) is 0.321. The average Bonchev–Trinajstić information content (AvgIpc) is 2.90. The van der Waals surface area contributed by atoms with Gasteiger partial charge in [0.1, 0.15) is 22.8 Å². The highest BCUT2D eigenvalue weighted by molar-refractivity contribution is 6.24. The summed E-state index contributed by atoms with van der Waals surface area (Å²) in [5.41, 5.74) is 2.90. The van der Waals surface area contributed by atoms with Crippen LogP contribution in [0.5, 0.6) is 5.75 Å². The zero-order chi connectivity index (χ0) is 29.1. The molecule has 12 heteroatoms. The number of nitrogens with two attached hydrogens (primary N) is 1. The number of carbonyl (C=O) groups is 4. The Morgan fingerprint density at radius 2 is 1.90 bits per heavy atom. The molecule has 40 heavy (non-hydrogen) atoms. The maximum Gasteiger partial charge on any atom is 0.255 e. The lowest BCUT2D eigenvalue weighted by Crippen LogP contribution is -2.65. The Labute approximate surface area is 228 Å². The summed E-state index contributed by atoms with van der Waals surface area (Å²) in [6, 6.07) is 4.97. The fourth-order valence-corrected chi connectivity index (χ4v) is 6.25. The maximum atomic E-state index is 13.9. The standard InChI is InChI=1S/C28H28N4O8/c1-32(2)21-16-9-14-8-15-12(11-31-27(39)13-4-3-7-30-10-13)5-6-17(33)19(15)22(34)18(14)24(36)28(16,40)25(37)20(23(21)35)26(29)38/h3-7,10,14,16,21,33-34,37,40H,8-9,11H2,1-2H3,(H2,29,38)(H,31,39)/t14-,16-,21+,28+/m1/s1. The Morgan fingerprint density at radius 1 is 1.18 bits per heavy atom. The zero-order valence-electron chi connectivity index (χ0n) is 21.7.